The molecule has 2 heterocycles. The van der Waals surface area contributed by atoms with Crippen LogP contribution in [-0.4, -0.2) is 70.0 Å². The second kappa shape index (κ2) is 13.7. The minimum atomic E-state index is -5.94. The van der Waals surface area contributed by atoms with Gasteiger partial charge in [-0.15, -0.1) is 0 Å². The molecule has 0 saturated carbocycles. The number of aliphatic hydroxyl groups is 1. The smallest absolute Gasteiger partial charge is 0.430 e. The van der Waals surface area contributed by atoms with E-state index in [1.54, 1.807) is 24.5 Å². The first kappa shape index (κ1) is 33.4. The van der Waals surface area contributed by atoms with Gasteiger partial charge in [0.05, 0.1) is 6.10 Å². The Morgan fingerprint density at radius 2 is 1.41 bits per heavy atom. The maximum Gasteiger partial charge on any atom is 0.430 e. The van der Waals surface area contributed by atoms with Gasteiger partial charge in [-0.25, -0.2) is 0 Å². The monoisotopic (exact) mass is 623 g/mol. The van der Waals surface area contributed by atoms with Crippen molar-refractivity contribution < 1.29 is 41.0 Å². The van der Waals surface area contributed by atoms with Gasteiger partial charge in [0, 0.05) is 63.1 Å². The molecule has 6 nitrogen and oxygen atoms in total. The molecule has 0 unspecified atom stereocenters. The maximum absolute atomic E-state index is 13.2. The highest BCUT2D eigenvalue weighted by atomic mass is 19.4. The lowest BCUT2D eigenvalue weighted by Crippen LogP contribution is -2.53. The van der Waals surface area contributed by atoms with Gasteiger partial charge in [-0.05, 0) is 54.7 Å². The van der Waals surface area contributed by atoms with Crippen LogP contribution >= 0.6 is 0 Å². The summed E-state index contributed by atoms with van der Waals surface area (Å²) in [4.78, 5) is 21.0. The van der Waals surface area contributed by atoms with Crippen LogP contribution in [0.25, 0.3) is 11.1 Å². The minimum Gasteiger partial charge on any atom is -0.463 e. The fourth-order valence-corrected chi connectivity index (χ4v) is 5.36. The van der Waals surface area contributed by atoms with Crippen molar-refractivity contribution >= 4 is 5.97 Å². The van der Waals surface area contributed by atoms with Gasteiger partial charge in [-0.3, -0.25) is 19.6 Å². The first-order chi connectivity index (χ1) is 20.7. The van der Waals surface area contributed by atoms with Gasteiger partial charge in [-0.1, -0.05) is 48.5 Å². The zero-order valence-electron chi connectivity index (χ0n) is 24.4. The van der Waals surface area contributed by atoms with Crippen molar-refractivity contribution in [2.45, 2.75) is 69.9 Å². The summed E-state index contributed by atoms with van der Waals surface area (Å²) in [7, 11) is 0. The highest BCUT2D eigenvalue weighted by Gasteiger charge is 2.71. The third kappa shape index (κ3) is 7.96. The second-order valence-corrected chi connectivity index (χ2v) is 11.3. The summed E-state index contributed by atoms with van der Waals surface area (Å²) in [6, 6.07) is 14.8. The summed E-state index contributed by atoms with van der Waals surface area (Å²) in [6.07, 6.45) is -7.65. The Labute approximate surface area is 252 Å². The maximum atomic E-state index is 13.2. The lowest BCUT2D eigenvalue weighted by Gasteiger charge is -2.41. The number of piperazine rings is 1. The zero-order chi connectivity index (χ0) is 32.1. The Morgan fingerprint density at radius 3 is 1.95 bits per heavy atom. The van der Waals surface area contributed by atoms with Crippen molar-refractivity contribution in [1.29, 1.82) is 0 Å². The molecule has 1 aromatic heterocycles. The Kier molecular flexibility index (Phi) is 10.4. The lowest BCUT2D eigenvalue weighted by atomic mass is 9.90. The number of rotatable bonds is 10. The van der Waals surface area contributed by atoms with E-state index in [0.29, 0.717) is 36.2 Å². The van der Waals surface area contributed by atoms with Crippen LogP contribution in [0.1, 0.15) is 43.4 Å². The van der Waals surface area contributed by atoms with E-state index in [0.717, 1.165) is 49.4 Å². The first-order valence-electron chi connectivity index (χ1n) is 14.3. The number of carbonyl (C=O) groups is 1. The fourth-order valence-electron chi connectivity index (χ4n) is 5.36. The molecule has 238 valence electrons. The average molecular weight is 624 g/mol. The molecular weight excluding hydrogens is 588 g/mol. The largest absolute Gasteiger partial charge is 0.463 e. The number of hydrogen-bond donors (Lipinski definition) is 1. The number of aromatic nitrogens is 1. The van der Waals surface area contributed by atoms with E-state index in [1.165, 1.54) is 0 Å². The molecule has 0 spiro atoms. The fraction of sp³-hybridized carbons (Fsp3) is 0.438. The first-order valence-corrected chi connectivity index (χ1v) is 14.3. The van der Waals surface area contributed by atoms with Crippen LogP contribution in [0.4, 0.5) is 26.3 Å². The van der Waals surface area contributed by atoms with Crippen LogP contribution in [0.3, 0.4) is 0 Å². The summed E-state index contributed by atoms with van der Waals surface area (Å²) in [5.74, 6) is -0.245. The van der Waals surface area contributed by atoms with Gasteiger partial charge in [0.1, 0.15) is 0 Å². The molecule has 2 aromatic carbocycles. The Balaban J connectivity index is 1.45. The molecule has 0 radical (unpaired) electrons. The predicted molar refractivity (Wildman–Crippen MR) is 152 cm³/mol. The Morgan fingerprint density at radius 1 is 0.864 bits per heavy atom. The Bertz CT molecular complexity index is 1350. The number of alkyl halides is 6. The van der Waals surface area contributed by atoms with Gasteiger partial charge in [0.15, 0.2) is 0 Å². The summed E-state index contributed by atoms with van der Waals surface area (Å²) in [5.41, 5.74) is -3.16. The van der Waals surface area contributed by atoms with E-state index in [-0.39, 0.29) is 24.5 Å². The van der Waals surface area contributed by atoms with E-state index in [4.69, 9.17) is 4.74 Å². The van der Waals surface area contributed by atoms with Crippen LogP contribution in [0, 0.1) is 0 Å². The molecule has 0 bridgehead atoms. The summed E-state index contributed by atoms with van der Waals surface area (Å²) >= 11 is 0. The third-order valence-corrected chi connectivity index (χ3v) is 7.69. The van der Waals surface area contributed by atoms with Crippen LogP contribution in [0.2, 0.25) is 0 Å². The predicted octanol–water partition coefficient (Wildman–Crippen LogP) is 6.48. The number of nitrogens with zero attached hydrogens (tertiary/aromatic N) is 3. The van der Waals surface area contributed by atoms with E-state index in [9.17, 15) is 36.2 Å². The molecule has 1 saturated heterocycles. The lowest BCUT2D eigenvalue weighted by molar-refractivity contribution is -0.376. The number of esters is 1. The number of ether oxygens (including phenoxy) is 1. The van der Waals surface area contributed by atoms with E-state index in [1.807, 2.05) is 38.1 Å². The van der Waals surface area contributed by atoms with Crippen molar-refractivity contribution in [3.63, 3.8) is 0 Å². The molecule has 1 aliphatic heterocycles. The molecule has 1 aliphatic rings. The van der Waals surface area contributed by atoms with Crippen LogP contribution < -0.4 is 0 Å². The minimum absolute atomic E-state index is 0.0820. The highest BCUT2D eigenvalue weighted by molar-refractivity contribution is 5.69. The Hall–Kier alpha value is -3.48. The number of carbonyl (C=O) groups excluding carboxylic acids is 1. The van der Waals surface area contributed by atoms with Crippen LogP contribution in [0.15, 0.2) is 73.1 Å². The number of hydrogen-bond acceptors (Lipinski definition) is 6. The van der Waals surface area contributed by atoms with Gasteiger partial charge in [0.2, 0.25) is 0 Å². The van der Waals surface area contributed by atoms with Crippen molar-refractivity contribution in [2.75, 3.05) is 19.6 Å². The quantitative estimate of drug-likeness (QED) is 0.206. The van der Waals surface area contributed by atoms with Crippen LogP contribution in [-0.2, 0) is 28.2 Å². The van der Waals surface area contributed by atoms with Gasteiger partial charge >= 0.3 is 18.3 Å². The summed E-state index contributed by atoms with van der Waals surface area (Å²) < 4.78 is 84.7. The van der Waals surface area contributed by atoms with Crippen molar-refractivity contribution in [3.8, 4) is 11.1 Å². The molecule has 0 aliphatic carbocycles. The van der Waals surface area contributed by atoms with E-state index >= 15 is 0 Å². The summed E-state index contributed by atoms with van der Waals surface area (Å²) in [6.45, 7) is 7.32. The molecule has 1 N–H and O–H groups in total. The van der Waals surface area contributed by atoms with Gasteiger partial charge in [-0.2, -0.15) is 26.3 Å². The normalized spacial score (nSPS) is 17.2. The summed E-state index contributed by atoms with van der Waals surface area (Å²) in [5, 5.41) is 9.64. The molecule has 3 aromatic rings. The van der Waals surface area contributed by atoms with Crippen molar-refractivity contribution in [1.82, 2.24) is 14.8 Å². The SMILES string of the molecule is CC(C)OC(=O)CC[C@H]1CN(Cc2ccncc2)CCN1Cc1ccc(-c2ccc(C(O)(C(F)(F)F)C(F)(F)F)cc2)cc1. The van der Waals surface area contributed by atoms with Gasteiger partial charge < -0.3 is 9.84 Å². The molecule has 0 amide bonds. The van der Waals surface area contributed by atoms with Crippen molar-refractivity contribution in [2.24, 2.45) is 0 Å². The van der Waals surface area contributed by atoms with Gasteiger partial charge in [0.25, 0.3) is 5.60 Å². The second-order valence-electron chi connectivity index (χ2n) is 11.3. The van der Waals surface area contributed by atoms with E-state index < -0.39 is 23.5 Å². The molecule has 4 rings (SSSR count). The zero-order valence-corrected chi connectivity index (χ0v) is 24.4. The molecule has 12 heteroatoms. The molecule has 1 atom stereocenters. The van der Waals surface area contributed by atoms with Crippen molar-refractivity contribution in [3.05, 3.63) is 89.7 Å². The number of benzene rings is 2. The molecule has 44 heavy (non-hydrogen) atoms. The van der Waals surface area contributed by atoms with Crippen LogP contribution in [0.5, 0.6) is 0 Å². The third-order valence-electron chi connectivity index (χ3n) is 7.69. The standard InChI is InChI=1S/C32H35F6N3O3/c1-22(2)44-29(42)12-11-28-21-40(19-24-13-15-39-16-14-24)17-18-41(28)20-23-3-5-25(6-4-23)26-7-9-27(10-8-26)30(43,31(33,34)35)32(36,37)38/h3-10,13-16,22,28,43H,11-12,17-21H2,1-2H3/t28-/m0/s1. The topological polar surface area (TPSA) is 65.9 Å². The van der Waals surface area contributed by atoms with E-state index in [2.05, 4.69) is 14.8 Å². The molecule has 1 fully saturated rings. The number of pyridine rings is 1. The molecular formula is C32H35F6N3O3. The number of halogens is 6. The average Bonchev–Trinajstić information content (AvgIpc) is 2.96. The highest BCUT2D eigenvalue weighted by Crippen LogP contribution is 2.50.